The molecule has 2 heteroatoms. The molecule has 0 fully saturated rings. The zero-order valence-corrected chi connectivity index (χ0v) is 6.95. The van der Waals surface area contributed by atoms with Crippen molar-refractivity contribution < 1.29 is 10.2 Å². The predicted octanol–water partition coefficient (Wildman–Crippen LogP) is 1.23. The van der Waals surface area contributed by atoms with Gasteiger partial charge in [0.1, 0.15) is 0 Å². The first-order valence-corrected chi connectivity index (χ1v) is 4.22. The highest BCUT2D eigenvalue weighted by molar-refractivity contribution is 5.07. The minimum absolute atomic E-state index is 0.146. The van der Waals surface area contributed by atoms with E-state index in [1.807, 2.05) is 0 Å². The van der Waals surface area contributed by atoms with Gasteiger partial charge in [-0.3, -0.25) is 0 Å². The van der Waals surface area contributed by atoms with Gasteiger partial charge >= 0.3 is 0 Å². The zero-order chi connectivity index (χ0) is 8.27. The van der Waals surface area contributed by atoms with Crippen LogP contribution < -0.4 is 0 Å². The van der Waals surface area contributed by atoms with Gasteiger partial charge in [0.05, 0.1) is 12.2 Å². The van der Waals surface area contributed by atoms with Gasteiger partial charge in [0.15, 0.2) is 0 Å². The van der Waals surface area contributed by atoms with Crippen molar-refractivity contribution in [2.75, 3.05) is 0 Å². The zero-order valence-electron chi connectivity index (χ0n) is 6.95. The summed E-state index contributed by atoms with van der Waals surface area (Å²) >= 11 is 0. The van der Waals surface area contributed by atoms with Crippen molar-refractivity contribution in [3.05, 3.63) is 11.6 Å². The molecule has 2 nitrogen and oxygen atoms in total. The molecule has 11 heavy (non-hydrogen) atoms. The highest BCUT2D eigenvalue weighted by atomic mass is 16.3. The second-order valence-electron chi connectivity index (χ2n) is 3.34. The summed E-state index contributed by atoms with van der Waals surface area (Å²) in [5, 5.41) is 18.2. The van der Waals surface area contributed by atoms with E-state index in [0.717, 1.165) is 25.7 Å². The Hall–Kier alpha value is -0.340. The fraction of sp³-hybridized carbons (Fsp3) is 0.778. The first kappa shape index (κ1) is 8.75. The van der Waals surface area contributed by atoms with E-state index < -0.39 is 0 Å². The summed E-state index contributed by atoms with van der Waals surface area (Å²) in [6.45, 7) is 1.80. The van der Waals surface area contributed by atoms with E-state index in [1.165, 1.54) is 5.57 Å². The monoisotopic (exact) mass is 156 g/mol. The molecule has 64 valence electrons. The van der Waals surface area contributed by atoms with Gasteiger partial charge in [0.25, 0.3) is 0 Å². The van der Waals surface area contributed by atoms with Crippen LogP contribution in [0.5, 0.6) is 0 Å². The van der Waals surface area contributed by atoms with Gasteiger partial charge in [-0.2, -0.15) is 0 Å². The van der Waals surface area contributed by atoms with Crippen molar-refractivity contribution in [2.45, 2.75) is 44.8 Å². The van der Waals surface area contributed by atoms with E-state index >= 15 is 0 Å². The molecule has 0 aromatic heterocycles. The Morgan fingerprint density at radius 2 is 2.45 bits per heavy atom. The Kier molecular flexibility index (Phi) is 3.09. The van der Waals surface area contributed by atoms with Gasteiger partial charge < -0.3 is 10.2 Å². The summed E-state index contributed by atoms with van der Waals surface area (Å²) in [7, 11) is 0. The van der Waals surface area contributed by atoms with Gasteiger partial charge in [0, 0.05) is 0 Å². The highest BCUT2D eigenvalue weighted by Crippen LogP contribution is 2.21. The number of hydrogen-bond donors (Lipinski definition) is 2. The molecule has 0 aliphatic heterocycles. The number of aliphatic hydroxyl groups is 2. The van der Waals surface area contributed by atoms with Gasteiger partial charge in [-0.1, -0.05) is 11.6 Å². The largest absolute Gasteiger partial charge is 0.393 e. The topological polar surface area (TPSA) is 40.5 Å². The summed E-state index contributed by atoms with van der Waals surface area (Å²) in [5.41, 5.74) is 1.30. The van der Waals surface area contributed by atoms with Crippen LogP contribution in [0.2, 0.25) is 0 Å². The molecule has 0 radical (unpaired) electrons. The highest BCUT2D eigenvalue weighted by Gasteiger charge is 2.12. The lowest BCUT2D eigenvalue weighted by atomic mass is 9.94. The lowest BCUT2D eigenvalue weighted by Crippen LogP contribution is -2.12. The van der Waals surface area contributed by atoms with Crippen LogP contribution >= 0.6 is 0 Å². The lowest BCUT2D eigenvalue weighted by molar-refractivity contribution is 0.156. The summed E-state index contributed by atoms with van der Waals surface area (Å²) < 4.78 is 0. The molecular weight excluding hydrogens is 140 g/mol. The average molecular weight is 156 g/mol. The molecule has 2 atom stereocenters. The van der Waals surface area contributed by atoms with E-state index in [0.29, 0.717) is 0 Å². The van der Waals surface area contributed by atoms with Crippen molar-refractivity contribution in [2.24, 2.45) is 0 Å². The normalized spacial score (nSPS) is 27.9. The molecule has 0 spiro atoms. The first-order chi connectivity index (χ1) is 5.18. The minimum atomic E-state index is -0.239. The Bertz CT molecular complexity index is 150. The minimum Gasteiger partial charge on any atom is -0.393 e. The Morgan fingerprint density at radius 1 is 1.73 bits per heavy atom. The molecule has 2 N–H and O–H groups in total. The molecule has 0 saturated heterocycles. The molecular formula is C9H16O2. The third-order valence-electron chi connectivity index (χ3n) is 2.03. The summed E-state index contributed by atoms with van der Waals surface area (Å²) in [6, 6.07) is 0. The van der Waals surface area contributed by atoms with Crippen molar-refractivity contribution in [1.82, 2.24) is 0 Å². The molecule has 1 aliphatic carbocycles. The van der Waals surface area contributed by atoms with E-state index in [2.05, 4.69) is 6.08 Å². The number of aliphatic hydroxyl groups excluding tert-OH is 2. The van der Waals surface area contributed by atoms with Crippen LogP contribution in [-0.2, 0) is 0 Å². The van der Waals surface area contributed by atoms with E-state index in [9.17, 15) is 0 Å². The molecule has 0 heterocycles. The Labute approximate surface area is 67.6 Å². The molecule has 0 unspecified atom stereocenters. The van der Waals surface area contributed by atoms with Crippen molar-refractivity contribution in [1.29, 1.82) is 0 Å². The second-order valence-corrected chi connectivity index (χ2v) is 3.34. The fourth-order valence-electron chi connectivity index (χ4n) is 1.44. The molecule has 0 amide bonds. The van der Waals surface area contributed by atoms with Crippen LogP contribution in [-0.4, -0.2) is 22.4 Å². The van der Waals surface area contributed by atoms with Crippen molar-refractivity contribution in [3.63, 3.8) is 0 Å². The van der Waals surface area contributed by atoms with Gasteiger partial charge in [-0.15, -0.1) is 0 Å². The first-order valence-electron chi connectivity index (χ1n) is 4.22. The van der Waals surface area contributed by atoms with Gasteiger partial charge in [0.2, 0.25) is 0 Å². The Morgan fingerprint density at radius 3 is 2.91 bits per heavy atom. The third-order valence-corrected chi connectivity index (χ3v) is 2.03. The van der Waals surface area contributed by atoms with Gasteiger partial charge in [-0.05, 0) is 32.6 Å². The fourth-order valence-corrected chi connectivity index (χ4v) is 1.44. The number of rotatable bonds is 2. The van der Waals surface area contributed by atoms with Crippen LogP contribution in [0, 0.1) is 0 Å². The molecule has 0 bridgehead atoms. The van der Waals surface area contributed by atoms with E-state index in [-0.39, 0.29) is 12.2 Å². The van der Waals surface area contributed by atoms with E-state index in [4.69, 9.17) is 10.2 Å². The smallest absolute Gasteiger partial charge is 0.0577 e. The molecule has 0 aromatic rings. The molecule has 0 aromatic carbocycles. The summed E-state index contributed by atoms with van der Waals surface area (Å²) in [4.78, 5) is 0. The quantitative estimate of drug-likeness (QED) is 0.590. The van der Waals surface area contributed by atoms with Gasteiger partial charge in [-0.25, -0.2) is 0 Å². The molecule has 0 saturated carbocycles. The lowest BCUT2D eigenvalue weighted by Gasteiger charge is -2.18. The standard InChI is InChI=1S/C9H16O2/c1-7(10)6-8-2-4-9(11)5-3-8/h2,7,9-11H,3-6H2,1H3/t7-,9+/m0/s1. The maximum absolute atomic E-state index is 9.15. The van der Waals surface area contributed by atoms with Crippen LogP contribution in [0.15, 0.2) is 11.6 Å². The van der Waals surface area contributed by atoms with Crippen LogP contribution in [0.4, 0.5) is 0 Å². The van der Waals surface area contributed by atoms with Crippen LogP contribution in [0.1, 0.15) is 32.6 Å². The van der Waals surface area contributed by atoms with Crippen molar-refractivity contribution >= 4 is 0 Å². The molecule has 1 rings (SSSR count). The van der Waals surface area contributed by atoms with Crippen molar-refractivity contribution in [3.8, 4) is 0 Å². The predicted molar refractivity (Wildman–Crippen MR) is 44.2 cm³/mol. The Balaban J connectivity index is 2.35. The summed E-state index contributed by atoms with van der Waals surface area (Å²) in [5.74, 6) is 0. The number of hydrogen-bond acceptors (Lipinski definition) is 2. The SMILES string of the molecule is C[C@H](O)CC1=CC[C@@H](O)CC1. The maximum atomic E-state index is 9.15. The average Bonchev–Trinajstić information content (AvgIpc) is 1.93. The third kappa shape index (κ3) is 3.04. The second kappa shape index (κ2) is 3.88. The maximum Gasteiger partial charge on any atom is 0.0577 e. The van der Waals surface area contributed by atoms with Crippen LogP contribution in [0.3, 0.4) is 0 Å². The van der Waals surface area contributed by atoms with Crippen LogP contribution in [0.25, 0.3) is 0 Å². The van der Waals surface area contributed by atoms with E-state index in [1.54, 1.807) is 6.92 Å². The summed E-state index contributed by atoms with van der Waals surface area (Å²) in [6.07, 6.45) is 5.02. The molecule has 1 aliphatic rings.